The molecule has 2 aliphatic rings. The average molecular weight is 306 g/mol. The van der Waals surface area contributed by atoms with Crippen LogP contribution in [0.15, 0.2) is 12.3 Å². The van der Waals surface area contributed by atoms with Crippen LogP contribution in [0.2, 0.25) is 0 Å². The van der Waals surface area contributed by atoms with Crippen molar-refractivity contribution in [3.8, 4) is 0 Å². The number of hydrogen-bond acceptors (Lipinski definition) is 4. The second-order valence-corrected chi connectivity index (χ2v) is 6.99. The minimum Gasteiger partial charge on any atom is -0.478 e. The first-order valence-corrected chi connectivity index (χ1v) is 8.08. The van der Waals surface area contributed by atoms with Gasteiger partial charge in [0.25, 0.3) is 0 Å². The van der Waals surface area contributed by atoms with Crippen LogP contribution in [-0.4, -0.2) is 22.0 Å². The second kappa shape index (κ2) is 5.97. The minimum absolute atomic E-state index is 0.0238. The molecule has 0 spiro atoms. The first kappa shape index (κ1) is 14.3. The maximum atomic E-state index is 12.1. The van der Waals surface area contributed by atoms with Crippen molar-refractivity contribution in [1.82, 2.24) is 4.98 Å². The summed E-state index contributed by atoms with van der Waals surface area (Å²) in [6.07, 6.45) is 9.82. The molecule has 0 saturated heterocycles. The fourth-order valence-electron chi connectivity index (χ4n) is 3.61. The summed E-state index contributed by atoms with van der Waals surface area (Å²) in [5.41, 5.74) is 0. The molecule has 2 saturated carbocycles. The lowest BCUT2D eigenvalue weighted by atomic mass is 9.86. The highest BCUT2D eigenvalue weighted by molar-refractivity contribution is 7.16. The predicted molar refractivity (Wildman–Crippen MR) is 81.0 cm³/mol. The van der Waals surface area contributed by atoms with Gasteiger partial charge in [-0.15, -0.1) is 0 Å². The highest BCUT2D eigenvalue weighted by atomic mass is 32.1. The summed E-state index contributed by atoms with van der Waals surface area (Å²) >= 11 is 1.28. The zero-order valence-corrected chi connectivity index (χ0v) is 12.4. The number of nitrogens with one attached hydrogen (secondary N) is 1. The lowest BCUT2D eigenvalue weighted by Crippen LogP contribution is -2.20. The zero-order chi connectivity index (χ0) is 14.8. The number of fused-ring (bicyclic) bond motifs is 2. The van der Waals surface area contributed by atoms with Gasteiger partial charge in [-0.25, -0.2) is 9.78 Å². The Kier molecular flexibility index (Phi) is 4.05. The number of anilines is 1. The summed E-state index contributed by atoms with van der Waals surface area (Å²) in [7, 11) is 0. The smallest absolute Gasteiger partial charge is 0.328 e. The summed E-state index contributed by atoms with van der Waals surface area (Å²) in [6.45, 7) is 0. The molecule has 21 heavy (non-hydrogen) atoms. The first-order valence-electron chi connectivity index (χ1n) is 7.27. The molecular formula is C15H18N2O3S. The fourth-order valence-corrected chi connectivity index (χ4v) is 4.34. The maximum absolute atomic E-state index is 12.1. The van der Waals surface area contributed by atoms with Crippen LogP contribution >= 0.6 is 11.3 Å². The molecule has 5 nitrogen and oxygen atoms in total. The molecule has 1 aromatic rings. The van der Waals surface area contributed by atoms with Crippen molar-refractivity contribution in [2.24, 2.45) is 17.8 Å². The molecule has 112 valence electrons. The van der Waals surface area contributed by atoms with E-state index in [4.69, 9.17) is 5.11 Å². The molecule has 0 aliphatic heterocycles. The number of carboxylic acids is 1. The third-order valence-corrected chi connectivity index (χ3v) is 5.37. The molecule has 1 heterocycles. The summed E-state index contributed by atoms with van der Waals surface area (Å²) in [4.78, 5) is 27.3. The molecule has 6 heteroatoms. The Labute approximate surface area is 127 Å². The SMILES string of the molecule is O=C(O)C=Cc1cnc(NC(=O)CC2CC3CCC2C3)s1. The number of hydrogen-bond donors (Lipinski definition) is 2. The number of thiazole rings is 1. The van der Waals surface area contributed by atoms with E-state index in [1.165, 1.54) is 43.1 Å². The number of carboxylic acid groups (broad SMARTS) is 1. The van der Waals surface area contributed by atoms with E-state index in [1.54, 1.807) is 6.20 Å². The zero-order valence-electron chi connectivity index (χ0n) is 11.6. The Morgan fingerprint density at radius 2 is 2.29 bits per heavy atom. The van der Waals surface area contributed by atoms with Gasteiger partial charge in [-0.1, -0.05) is 17.8 Å². The van der Waals surface area contributed by atoms with E-state index in [0.29, 0.717) is 22.3 Å². The molecule has 2 aliphatic carbocycles. The molecule has 3 atom stereocenters. The van der Waals surface area contributed by atoms with Gasteiger partial charge < -0.3 is 10.4 Å². The van der Waals surface area contributed by atoms with E-state index in [1.807, 2.05) is 0 Å². The molecule has 2 bridgehead atoms. The molecule has 1 aromatic heterocycles. The lowest BCUT2D eigenvalue weighted by Gasteiger charge is -2.20. The van der Waals surface area contributed by atoms with Gasteiger partial charge in [0, 0.05) is 23.6 Å². The van der Waals surface area contributed by atoms with Gasteiger partial charge in [-0.05, 0) is 43.1 Å². The van der Waals surface area contributed by atoms with E-state index >= 15 is 0 Å². The average Bonchev–Trinajstić information content (AvgIpc) is 3.12. The largest absolute Gasteiger partial charge is 0.478 e. The normalized spacial score (nSPS) is 27.3. The van der Waals surface area contributed by atoms with Crippen molar-refractivity contribution in [2.75, 3.05) is 5.32 Å². The van der Waals surface area contributed by atoms with E-state index < -0.39 is 5.97 Å². The summed E-state index contributed by atoms with van der Waals surface area (Å²) < 4.78 is 0. The summed E-state index contributed by atoms with van der Waals surface area (Å²) in [5, 5.41) is 11.9. The third kappa shape index (κ3) is 3.50. The van der Waals surface area contributed by atoms with Crippen LogP contribution in [0.1, 0.15) is 37.0 Å². The van der Waals surface area contributed by atoms with E-state index in [9.17, 15) is 9.59 Å². The van der Waals surface area contributed by atoms with Crippen molar-refractivity contribution in [3.63, 3.8) is 0 Å². The molecule has 0 aromatic carbocycles. The topological polar surface area (TPSA) is 79.3 Å². The van der Waals surface area contributed by atoms with Crippen molar-refractivity contribution < 1.29 is 14.7 Å². The highest BCUT2D eigenvalue weighted by Crippen LogP contribution is 2.49. The monoisotopic (exact) mass is 306 g/mol. The first-order chi connectivity index (χ1) is 10.1. The molecule has 0 radical (unpaired) electrons. The van der Waals surface area contributed by atoms with Crippen LogP contribution in [-0.2, 0) is 9.59 Å². The van der Waals surface area contributed by atoms with Crippen molar-refractivity contribution in [2.45, 2.75) is 32.1 Å². The van der Waals surface area contributed by atoms with Crippen molar-refractivity contribution in [3.05, 3.63) is 17.2 Å². The van der Waals surface area contributed by atoms with Gasteiger partial charge in [0.15, 0.2) is 5.13 Å². The number of nitrogens with zero attached hydrogens (tertiary/aromatic N) is 1. The Bertz CT molecular complexity index is 581. The molecular weight excluding hydrogens is 288 g/mol. The number of carbonyl (C=O) groups is 2. The van der Waals surface area contributed by atoms with Gasteiger partial charge in [0.1, 0.15) is 0 Å². The number of carbonyl (C=O) groups excluding carboxylic acids is 1. The molecule has 2 fully saturated rings. The standard InChI is InChI=1S/C15H18N2O3S/c18-13(7-11-6-9-1-2-10(11)5-9)17-15-16-8-12(21-15)3-4-14(19)20/h3-4,8-11H,1-2,5-7H2,(H,19,20)(H,16,17,18). The predicted octanol–water partition coefficient (Wildman–Crippen LogP) is 3.01. The number of aliphatic carboxylic acids is 1. The van der Waals surface area contributed by atoms with Gasteiger partial charge in [0.05, 0.1) is 0 Å². The van der Waals surface area contributed by atoms with Gasteiger partial charge in [-0.2, -0.15) is 0 Å². The molecule has 2 N–H and O–H groups in total. The number of rotatable bonds is 5. The highest BCUT2D eigenvalue weighted by Gasteiger charge is 2.40. The fraction of sp³-hybridized carbons (Fsp3) is 0.533. The van der Waals surface area contributed by atoms with Crippen molar-refractivity contribution in [1.29, 1.82) is 0 Å². The Morgan fingerprint density at radius 1 is 1.43 bits per heavy atom. The summed E-state index contributed by atoms with van der Waals surface area (Å²) in [5.74, 6) is 1.16. The minimum atomic E-state index is -0.995. The van der Waals surface area contributed by atoms with Crippen LogP contribution in [0.5, 0.6) is 0 Å². The van der Waals surface area contributed by atoms with E-state index in [-0.39, 0.29) is 5.91 Å². The second-order valence-electron chi connectivity index (χ2n) is 5.93. The van der Waals surface area contributed by atoms with Gasteiger partial charge >= 0.3 is 5.97 Å². The Morgan fingerprint density at radius 3 is 2.95 bits per heavy atom. The number of aromatic nitrogens is 1. The van der Waals surface area contributed by atoms with Gasteiger partial charge in [0.2, 0.25) is 5.91 Å². The van der Waals surface area contributed by atoms with Crippen LogP contribution in [0, 0.1) is 17.8 Å². The van der Waals surface area contributed by atoms with Crippen LogP contribution in [0.4, 0.5) is 5.13 Å². The lowest BCUT2D eigenvalue weighted by molar-refractivity contribution is -0.131. The quantitative estimate of drug-likeness (QED) is 0.820. The Hall–Kier alpha value is -1.69. The van der Waals surface area contributed by atoms with Gasteiger partial charge in [-0.3, -0.25) is 4.79 Å². The van der Waals surface area contributed by atoms with Crippen LogP contribution < -0.4 is 5.32 Å². The molecule has 1 amide bonds. The van der Waals surface area contributed by atoms with E-state index in [2.05, 4.69) is 10.3 Å². The Balaban J connectivity index is 1.52. The maximum Gasteiger partial charge on any atom is 0.328 e. The van der Waals surface area contributed by atoms with E-state index in [0.717, 1.165) is 17.9 Å². The van der Waals surface area contributed by atoms with Crippen molar-refractivity contribution >= 4 is 34.4 Å². The van der Waals surface area contributed by atoms with Crippen LogP contribution in [0.25, 0.3) is 6.08 Å². The molecule has 3 rings (SSSR count). The number of amides is 1. The van der Waals surface area contributed by atoms with Crippen LogP contribution in [0.3, 0.4) is 0 Å². The summed E-state index contributed by atoms with van der Waals surface area (Å²) in [6, 6.07) is 0. The molecule has 3 unspecified atom stereocenters. The third-order valence-electron chi connectivity index (χ3n) is 4.49.